The Morgan fingerprint density at radius 1 is 1.08 bits per heavy atom. The Morgan fingerprint density at radius 3 is 2.68 bits per heavy atom. The Balaban J connectivity index is 1.55. The van der Waals surface area contributed by atoms with Crippen LogP contribution in [0.3, 0.4) is 0 Å². The maximum Gasteiger partial charge on any atom is 0.231 e. The summed E-state index contributed by atoms with van der Waals surface area (Å²) in [6.45, 7) is 3.69. The van der Waals surface area contributed by atoms with Gasteiger partial charge in [0, 0.05) is 32.2 Å². The lowest BCUT2D eigenvalue weighted by Crippen LogP contribution is -2.27. The van der Waals surface area contributed by atoms with E-state index < -0.39 is 0 Å². The largest absolute Gasteiger partial charge is 0.454 e. The molecule has 2 aliphatic heterocycles. The van der Waals surface area contributed by atoms with E-state index in [0.717, 1.165) is 31.1 Å². The van der Waals surface area contributed by atoms with E-state index >= 15 is 0 Å². The topological polar surface area (TPSA) is 51.0 Å². The second kappa shape index (κ2) is 6.67. The fourth-order valence-electron chi connectivity index (χ4n) is 3.80. The van der Waals surface area contributed by atoms with E-state index in [1.54, 1.807) is 0 Å². The van der Waals surface area contributed by atoms with Gasteiger partial charge in [-0.15, -0.1) is 0 Å². The van der Waals surface area contributed by atoms with Crippen LogP contribution in [0.2, 0.25) is 0 Å². The molecule has 4 rings (SSSR count). The van der Waals surface area contributed by atoms with Gasteiger partial charge in [-0.05, 0) is 48.5 Å². The second-order valence-corrected chi connectivity index (χ2v) is 7.12. The van der Waals surface area contributed by atoms with Crippen LogP contribution in [-0.4, -0.2) is 37.2 Å². The third-order valence-electron chi connectivity index (χ3n) is 4.93. The van der Waals surface area contributed by atoms with Crippen molar-refractivity contribution in [3.05, 3.63) is 58.7 Å². The molecule has 0 aliphatic carbocycles. The Labute approximate surface area is 148 Å². The maximum absolute atomic E-state index is 6.14. The number of rotatable bonds is 5. The predicted molar refractivity (Wildman–Crippen MR) is 97.4 cm³/mol. The SMILES string of the molecule is CN(C)Cc1ccc2c(c1)C(CN)N(Cc1ccc3c(c1)OCO3)C2. The zero-order valence-corrected chi connectivity index (χ0v) is 14.9. The van der Waals surface area contributed by atoms with Crippen molar-refractivity contribution in [2.45, 2.75) is 25.7 Å². The number of nitrogens with two attached hydrogens (primary N) is 1. The molecule has 1 atom stereocenters. The zero-order chi connectivity index (χ0) is 17.4. The molecular formula is C20H25N3O2. The van der Waals surface area contributed by atoms with E-state index in [2.05, 4.69) is 54.2 Å². The van der Waals surface area contributed by atoms with Crippen molar-refractivity contribution >= 4 is 0 Å². The van der Waals surface area contributed by atoms with Gasteiger partial charge in [-0.3, -0.25) is 4.90 Å². The van der Waals surface area contributed by atoms with Gasteiger partial charge in [0.15, 0.2) is 11.5 Å². The van der Waals surface area contributed by atoms with Crippen molar-refractivity contribution < 1.29 is 9.47 Å². The average molecular weight is 339 g/mol. The lowest BCUT2D eigenvalue weighted by Gasteiger charge is -2.24. The molecule has 0 saturated carbocycles. The highest BCUT2D eigenvalue weighted by Gasteiger charge is 2.29. The Morgan fingerprint density at radius 2 is 1.88 bits per heavy atom. The molecule has 1 unspecified atom stereocenters. The smallest absolute Gasteiger partial charge is 0.231 e. The molecule has 25 heavy (non-hydrogen) atoms. The summed E-state index contributed by atoms with van der Waals surface area (Å²) in [6.07, 6.45) is 0. The number of nitrogens with zero attached hydrogens (tertiary/aromatic N) is 2. The Bertz CT molecular complexity index is 776. The van der Waals surface area contributed by atoms with Crippen molar-refractivity contribution in [3.8, 4) is 11.5 Å². The summed E-state index contributed by atoms with van der Waals surface area (Å²) in [7, 11) is 4.19. The fraction of sp³-hybridized carbons (Fsp3) is 0.400. The van der Waals surface area contributed by atoms with Crippen molar-refractivity contribution in [2.75, 3.05) is 27.4 Å². The van der Waals surface area contributed by atoms with Crippen LogP contribution in [0.15, 0.2) is 36.4 Å². The number of fused-ring (bicyclic) bond motifs is 2. The summed E-state index contributed by atoms with van der Waals surface area (Å²) in [6, 6.07) is 13.3. The molecule has 0 spiro atoms. The number of hydrogen-bond acceptors (Lipinski definition) is 5. The molecule has 0 aromatic heterocycles. The number of hydrogen-bond donors (Lipinski definition) is 1. The van der Waals surface area contributed by atoms with Gasteiger partial charge in [-0.2, -0.15) is 0 Å². The number of ether oxygens (including phenoxy) is 2. The summed E-state index contributed by atoms with van der Waals surface area (Å²) in [5, 5.41) is 0. The van der Waals surface area contributed by atoms with E-state index in [0.29, 0.717) is 13.3 Å². The molecule has 5 heteroatoms. The van der Waals surface area contributed by atoms with Crippen LogP contribution in [-0.2, 0) is 19.6 Å². The Kier molecular flexibility index (Phi) is 4.37. The summed E-state index contributed by atoms with van der Waals surface area (Å²) >= 11 is 0. The maximum atomic E-state index is 6.14. The van der Waals surface area contributed by atoms with Crippen LogP contribution in [0.25, 0.3) is 0 Å². The van der Waals surface area contributed by atoms with Gasteiger partial charge in [-0.1, -0.05) is 24.3 Å². The van der Waals surface area contributed by atoms with Gasteiger partial charge in [-0.25, -0.2) is 0 Å². The molecule has 0 amide bonds. The highest BCUT2D eigenvalue weighted by molar-refractivity contribution is 5.45. The monoisotopic (exact) mass is 339 g/mol. The van der Waals surface area contributed by atoms with Crippen LogP contribution in [0.5, 0.6) is 11.5 Å². The molecule has 2 heterocycles. The molecule has 0 saturated heterocycles. The minimum Gasteiger partial charge on any atom is -0.454 e. The highest BCUT2D eigenvalue weighted by atomic mass is 16.7. The van der Waals surface area contributed by atoms with E-state index in [4.69, 9.17) is 15.2 Å². The van der Waals surface area contributed by atoms with Gasteiger partial charge in [0.1, 0.15) is 0 Å². The summed E-state index contributed by atoms with van der Waals surface area (Å²) < 4.78 is 10.9. The first-order valence-corrected chi connectivity index (χ1v) is 8.73. The van der Waals surface area contributed by atoms with Crippen LogP contribution >= 0.6 is 0 Å². The second-order valence-electron chi connectivity index (χ2n) is 7.12. The van der Waals surface area contributed by atoms with Gasteiger partial charge in [0.2, 0.25) is 6.79 Å². The minimum absolute atomic E-state index is 0.266. The molecular weight excluding hydrogens is 314 g/mol. The van der Waals surface area contributed by atoms with Crippen LogP contribution in [0.1, 0.15) is 28.3 Å². The van der Waals surface area contributed by atoms with Gasteiger partial charge in [0.05, 0.1) is 0 Å². The lowest BCUT2D eigenvalue weighted by molar-refractivity contribution is 0.173. The first-order valence-electron chi connectivity index (χ1n) is 8.73. The molecule has 2 N–H and O–H groups in total. The van der Waals surface area contributed by atoms with E-state index in [-0.39, 0.29) is 6.04 Å². The quantitative estimate of drug-likeness (QED) is 0.907. The fourth-order valence-corrected chi connectivity index (χ4v) is 3.80. The third-order valence-corrected chi connectivity index (χ3v) is 4.93. The van der Waals surface area contributed by atoms with Crippen molar-refractivity contribution in [2.24, 2.45) is 5.73 Å². The molecule has 0 fully saturated rings. The van der Waals surface area contributed by atoms with Crippen molar-refractivity contribution in [1.82, 2.24) is 9.80 Å². The molecule has 2 aliphatic rings. The van der Waals surface area contributed by atoms with E-state index in [1.165, 1.54) is 22.3 Å². The zero-order valence-electron chi connectivity index (χ0n) is 14.9. The standard InChI is InChI=1S/C20H25N3O2/c1-22(2)10-14-3-5-16-12-23(18(9-21)17(16)7-14)11-15-4-6-19-20(8-15)25-13-24-19/h3-8,18H,9-13,21H2,1-2H3. The van der Waals surface area contributed by atoms with E-state index in [9.17, 15) is 0 Å². The van der Waals surface area contributed by atoms with Crippen LogP contribution in [0.4, 0.5) is 0 Å². The van der Waals surface area contributed by atoms with Gasteiger partial charge >= 0.3 is 0 Å². The highest BCUT2D eigenvalue weighted by Crippen LogP contribution is 2.37. The molecule has 0 radical (unpaired) electrons. The Hall–Kier alpha value is -2.08. The van der Waals surface area contributed by atoms with Crippen molar-refractivity contribution in [1.29, 1.82) is 0 Å². The van der Waals surface area contributed by atoms with Crippen LogP contribution < -0.4 is 15.2 Å². The molecule has 0 bridgehead atoms. The molecule has 2 aromatic carbocycles. The lowest BCUT2D eigenvalue weighted by atomic mass is 10.0. The summed E-state index contributed by atoms with van der Waals surface area (Å²) in [4.78, 5) is 4.64. The number of benzene rings is 2. The normalized spacial score (nSPS) is 18.8. The first kappa shape index (κ1) is 16.4. The summed E-state index contributed by atoms with van der Waals surface area (Å²) in [5.41, 5.74) is 11.5. The molecule has 5 nitrogen and oxygen atoms in total. The summed E-state index contributed by atoms with van der Waals surface area (Å²) in [5.74, 6) is 1.67. The van der Waals surface area contributed by atoms with Crippen LogP contribution in [0, 0.1) is 0 Å². The molecule has 132 valence electrons. The van der Waals surface area contributed by atoms with Gasteiger partial charge in [0.25, 0.3) is 0 Å². The van der Waals surface area contributed by atoms with E-state index in [1.807, 2.05) is 6.07 Å². The predicted octanol–water partition coefficient (Wildman–Crippen LogP) is 2.49. The third kappa shape index (κ3) is 3.23. The minimum atomic E-state index is 0.266. The van der Waals surface area contributed by atoms with Crippen molar-refractivity contribution in [3.63, 3.8) is 0 Å². The average Bonchev–Trinajstić information content (AvgIpc) is 3.17. The molecule has 2 aromatic rings. The first-order chi connectivity index (χ1) is 12.1. The van der Waals surface area contributed by atoms with Gasteiger partial charge < -0.3 is 20.1 Å².